The summed E-state index contributed by atoms with van der Waals surface area (Å²) < 4.78 is 0. The number of thiophene rings is 1. The predicted octanol–water partition coefficient (Wildman–Crippen LogP) is 5.35. The predicted molar refractivity (Wildman–Crippen MR) is 90.3 cm³/mol. The van der Waals surface area contributed by atoms with Gasteiger partial charge in [-0.25, -0.2) is 0 Å². The maximum Gasteiger partial charge on any atom is 0.0928 e. The van der Waals surface area contributed by atoms with Gasteiger partial charge < -0.3 is 0 Å². The van der Waals surface area contributed by atoms with Crippen LogP contribution in [0.1, 0.15) is 43.8 Å². The summed E-state index contributed by atoms with van der Waals surface area (Å²) in [5.41, 5.74) is 5.84. The normalized spacial score (nSPS) is 18.6. The number of halogens is 1. The molecular formula is C17H17ClS2. The first-order valence-corrected chi connectivity index (χ1v) is 9.67. The number of hydrogen-bond donors (Lipinski definition) is 0. The zero-order valence-corrected chi connectivity index (χ0v) is 13.7. The summed E-state index contributed by atoms with van der Waals surface area (Å²) in [7, 11) is 0. The van der Waals surface area contributed by atoms with Crippen LogP contribution in [0.25, 0.3) is 0 Å². The van der Waals surface area contributed by atoms with E-state index in [9.17, 15) is 0 Å². The Morgan fingerprint density at radius 1 is 1.00 bits per heavy atom. The van der Waals surface area contributed by atoms with Gasteiger partial charge in [0.05, 0.1) is 5.38 Å². The fourth-order valence-electron chi connectivity index (χ4n) is 3.21. The fraction of sp³-hybridized carbons (Fsp3) is 0.412. The Kier molecular flexibility index (Phi) is 3.57. The maximum atomic E-state index is 6.76. The molecule has 1 aliphatic carbocycles. The molecule has 2 heterocycles. The van der Waals surface area contributed by atoms with Gasteiger partial charge in [-0.2, -0.15) is 11.8 Å². The van der Waals surface area contributed by atoms with E-state index >= 15 is 0 Å². The molecule has 104 valence electrons. The van der Waals surface area contributed by atoms with Crippen LogP contribution >= 0.6 is 34.7 Å². The van der Waals surface area contributed by atoms with Crippen molar-refractivity contribution in [3.63, 3.8) is 0 Å². The van der Waals surface area contributed by atoms with Gasteiger partial charge in [0.2, 0.25) is 0 Å². The van der Waals surface area contributed by atoms with Crippen molar-refractivity contribution in [2.24, 2.45) is 0 Å². The Morgan fingerprint density at radius 3 is 2.80 bits per heavy atom. The molecule has 1 unspecified atom stereocenters. The van der Waals surface area contributed by atoms with E-state index in [1.54, 1.807) is 4.88 Å². The highest BCUT2D eigenvalue weighted by molar-refractivity contribution is 7.98. The molecule has 4 rings (SSSR count). The lowest BCUT2D eigenvalue weighted by molar-refractivity contribution is 0.911. The van der Waals surface area contributed by atoms with E-state index < -0.39 is 0 Å². The number of alkyl halides is 1. The fourth-order valence-corrected chi connectivity index (χ4v) is 5.92. The highest BCUT2D eigenvalue weighted by Gasteiger charge is 2.20. The molecule has 0 spiro atoms. The molecule has 0 radical (unpaired) electrons. The molecule has 1 aromatic heterocycles. The van der Waals surface area contributed by atoms with Gasteiger partial charge in [-0.05, 0) is 59.8 Å². The number of aryl methyl sites for hydroxylation is 3. The van der Waals surface area contributed by atoms with E-state index in [1.165, 1.54) is 64.3 Å². The minimum atomic E-state index is 0.0292. The van der Waals surface area contributed by atoms with Gasteiger partial charge in [-0.3, -0.25) is 0 Å². The summed E-state index contributed by atoms with van der Waals surface area (Å²) in [5, 5.41) is 0.0292. The molecule has 3 heteroatoms. The van der Waals surface area contributed by atoms with Crippen molar-refractivity contribution < 1.29 is 0 Å². The summed E-state index contributed by atoms with van der Waals surface area (Å²) >= 11 is 10.7. The lowest BCUT2D eigenvalue weighted by Crippen LogP contribution is -1.96. The van der Waals surface area contributed by atoms with E-state index in [4.69, 9.17) is 11.6 Å². The van der Waals surface area contributed by atoms with Gasteiger partial charge in [0.1, 0.15) is 0 Å². The molecule has 2 aromatic rings. The van der Waals surface area contributed by atoms with Crippen LogP contribution in [0.3, 0.4) is 0 Å². The molecule has 1 aliphatic heterocycles. The summed E-state index contributed by atoms with van der Waals surface area (Å²) in [4.78, 5) is 2.89. The summed E-state index contributed by atoms with van der Waals surface area (Å²) in [5.74, 6) is 2.43. The van der Waals surface area contributed by atoms with Crippen LogP contribution in [0.5, 0.6) is 0 Å². The van der Waals surface area contributed by atoms with Crippen molar-refractivity contribution in [2.45, 2.75) is 36.8 Å². The van der Waals surface area contributed by atoms with E-state index in [0.717, 1.165) is 0 Å². The van der Waals surface area contributed by atoms with Crippen LogP contribution in [-0.4, -0.2) is 5.75 Å². The van der Waals surface area contributed by atoms with E-state index in [2.05, 4.69) is 24.3 Å². The minimum absolute atomic E-state index is 0.0292. The van der Waals surface area contributed by atoms with Gasteiger partial charge in [0.15, 0.2) is 0 Å². The average Bonchev–Trinajstić information content (AvgIpc) is 3.11. The average molecular weight is 321 g/mol. The van der Waals surface area contributed by atoms with Crippen molar-refractivity contribution in [2.75, 3.05) is 5.75 Å². The third-order valence-corrected chi connectivity index (χ3v) is 7.24. The zero-order chi connectivity index (χ0) is 13.5. The van der Waals surface area contributed by atoms with Crippen LogP contribution < -0.4 is 0 Å². The smallest absolute Gasteiger partial charge is 0.0928 e. The summed E-state index contributed by atoms with van der Waals surface area (Å²) in [6, 6.07) is 9.20. The van der Waals surface area contributed by atoms with Crippen LogP contribution in [0.4, 0.5) is 0 Å². The van der Waals surface area contributed by atoms with E-state index in [-0.39, 0.29) is 5.38 Å². The van der Waals surface area contributed by atoms with Crippen LogP contribution in [0.15, 0.2) is 24.3 Å². The molecule has 0 bridgehead atoms. The van der Waals surface area contributed by atoms with Crippen molar-refractivity contribution in [1.82, 2.24) is 0 Å². The molecule has 0 amide bonds. The molecular weight excluding hydrogens is 304 g/mol. The van der Waals surface area contributed by atoms with Crippen molar-refractivity contribution >= 4 is 34.7 Å². The lowest BCUT2D eigenvalue weighted by Gasteiger charge is -2.10. The Hall–Kier alpha value is -0.440. The molecule has 0 fully saturated rings. The highest BCUT2D eigenvalue weighted by atomic mass is 35.5. The first-order chi connectivity index (χ1) is 9.81. The Labute approximate surface area is 133 Å². The Balaban J connectivity index is 1.66. The minimum Gasteiger partial charge on any atom is -0.157 e. The third-order valence-electron chi connectivity index (χ3n) is 4.31. The van der Waals surface area contributed by atoms with E-state index in [1.807, 2.05) is 23.1 Å². The largest absolute Gasteiger partial charge is 0.157 e. The third kappa shape index (κ3) is 2.32. The Bertz CT molecular complexity index is 621. The number of hydrogen-bond acceptors (Lipinski definition) is 2. The van der Waals surface area contributed by atoms with Gasteiger partial charge in [0, 0.05) is 15.5 Å². The molecule has 1 aromatic carbocycles. The SMILES string of the molecule is ClC(c1ccc2c(c1)CCC2)c1cc2c(s1)CCSC2. The topological polar surface area (TPSA) is 0 Å². The number of thioether (sulfide) groups is 1. The van der Waals surface area contributed by atoms with Crippen molar-refractivity contribution in [3.05, 3.63) is 56.3 Å². The van der Waals surface area contributed by atoms with Crippen LogP contribution in [-0.2, 0) is 25.0 Å². The summed E-state index contributed by atoms with van der Waals surface area (Å²) in [6.07, 6.45) is 4.99. The molecule has 0 nitrogen and oxygen atoms in total. The lowest BCUT2D eigenvalue weighted by atomic mass is 10.0. The van der Waals surface area contributed by atoms with Crippen molar-refractivity contribution in [3.8, 4) is 0 Å². The zero-order valence-electron chi connectivity index (χ0n) is 11.3. The number of fused-ring (bicyclic) bond motifs is 2. The molecule has 20 heavy (non-hydrogen) atoms. The number of rotatable bonds is 2. The molecule has 0 saturated carbocycles. The standard InChI is InChI=1S/C17H17ClS2/c18-17(13-5-4-11-2-1-3-12(11)8-13)16-9-14-10-19-7-6-15(14)20-16/h4-5,8-9,17H,1-3,6-7,10H2. The van der Waals surface area contributed by atoms with Crippen molar-refractivity contribution in [1.29, 1.82) is 0 Å². The summed E-state index contributed by atoms with van der Waals surface area (Å²) in [6.45, 7) is 0. The maximum absolute atomic E-state index is 6.76. The highest BCUT2D eigenvalue weighted by Crippen LogP contribution is 2.40. The van der Waals surface area contributed by atoms with Crippen LogP contribution in [0, 0.1) is 0 Å². The van der Waals surface area contributed by atoms with E-state index in [0.29, 0.717) is 0 Å². The molecule has 2 aliphatic rings. The molecule has 1 atom stereocenters. The van der Waals surface area contributed by atoms with Gasteiger partial charge in [0.25, 0.3) is 0 Å². The first kappa shape index (κ1) is 13.2. The Morgan fingerprint density at radius 2 is 1.90 bits per heavy atom. The monoisotopic (exact) mass is 320 g/mol. The van der Waals surface area contributed by atoms with Gasteiger partial charge >= 0.3 is 0 Å². The van der Waals surface area contributed by atoms with Crippen LogP contribution in [0.2, 0.25) is 0 Å². The second-order valence-corrected chi connectivity index (χ2v) is 8.35. The number of benzene rings is 1. The molecule has 0 saturated heterocycles. The quantitative estimate of drug-likeness (QED) is 0.672. The second kappa shape index (κ2) is 5.40. The second-order valence-electron chi connectivity index (χ2n) is 5.64. The molecule has 0 N–H and O–H groups in total. The first-order valence-electron chi connectivity index (χ1n) is 7.26. The van der Waals surface area contributed by atoms with Gasteiger partial charge in [-0.15, -0.1) is 22.9 Å². The van der Waals surface area contributed by atoms with Gasteiger partial charge in [-0.1, -0.05) is 18.2 Å².